The highest BCUT2D eigenvalue weighted by Gasteiger charge is 2.09. The van der Waals surface area contributed by atoms with Gasteiger partial charge in [0, 0.05) is 23.7 Å². The quantitative estimate of drug-likeness (QED) is 0.427. The van der Waals surface area contributed by atoms with Crippen LogP contribution >= 0.6 is 11.6 Å². The molecule has 0 fully saturated rings. The Morgan fingerprint density at radius 2 is 1.86 bits per heavy atom. The third-order valence-electron chi connectivity index (χ3n) is 4.53. The van der Waals surface area contributed by atoms with Crippen LogP contribution in [0.5, 0.6) is 5.75 Å². The summed E-state index contributed by atoms with van der Waals surface area (Å²) in [5, 5.41) is 6.70. The molecule has 0 spiro atoms. The van der Waals surface area contributed by atoms with Gasteiger partial charge in [0.1, 0.15) is 12.4 Å². The van der Waals surface area contributed by atoms with Crippen molar-refractivity contribution in [2.75, 3.05) is 13.2 Å². The third-order valence-corrected chi connectivity index (χ3v) is 4.77. The topological polar surface area (TPSA) is 30.5 Å². The predicted octanol–water partition coefficient (Wildman–Crippen LogP) is 5.98. The Hall–Kier alpha value is -2.07. The molecule has 3 aromatic carbocycles. The summed E-state index contributed by atoms with van der Waals surface area (Å²) in [7, 11) is 0. The van der Waals surface area contributed by atoms with E-state index in [0.29, 0.717) is 6.61 Å². The maximum absolute atomic E-state index is 6.17. The van der Waals surface area contributed by atoms with Gasteiger partial charge < -0.3 is 14.8 Å². The highest BCUT2D eigenvalue weighted by molar-refractivity contribution is 6.30. The van der Waals surface area contributed by atoms with Crippen LogP contribution in [0.4, 0.5) is 0 Å². The standard InChI is InChI=1S/C24H28ClNO2/c1-18(2)27-14-6-13-26-16-23-22-10-4-3-8-20(22)11-12-24(23)28-17-19-7-5-9-21(25)15-19/h3-5,7-12,15,18,26H,6,13-14,16-17H2,1-2H3. The molecule has 0 radical (unpaired) electrons. The van der Waals surface area contributed by atoms with Gasteiger partial charge >= 0.3 is 0 Å². The molecule has 0 heterocycles. The maximum Gasteiger partial charge on any atom is 0.124 e. The summed E-state index contributed by atoms with van der Waals surface area (Å²) in [6, 6.07) is 20.4. The van der Waals surface area contributed by atoms with Crippen LogP contribution in [0.1, 0.15) is 31.4 Å². The fraction of sp³-hybridized carbons (Fsp3) is 0.333. The first-order valence-electron chi connectivity index (χ1n) is 9.83. The van der Waals surface area contributed by atoms with E-state index in [2.05, 4.69) is 55.6 Å². The van der Waals surface area contributed by atoms with Crippen molar-refractivity contribution in [2.24, 2.45) is 0 Å². The SMILES string of the molecule is CC(C)OCCCNCc1c(OCc2cccc(Cl)c2)ccc2ccccc12. The van der Waals surface area contributed by atoms with Crippen molar-refractivity contribution in [2.45, 2.75) is 39.5 Å². The molecule has 148 valence electrons. The van der Waals surface area contributed by atoms with E-state index < -0.39 is 0 Å². The summed E-state index contributed by atoms with van der Waals surface area (Å²) in [6.07, 6.45) is 1.27. The van der Waals surface area contributed by atoms with E-state index in [1.807, 2.05) is 24.3 Å². The smallest absolute Gasteiger partial charge is 0.124 e. The average molecular weight is 398 g/mol. The average Bonchev–Trinajstić information content (AvgIpc) is 2.69. The van der Waals surface area contributed by atoms with Gasteiger partial charge in [0.2, 0.25) is 0 Å². The predicted molar refractivity (Wildman–Crippen MR) is 117 cm³/mol. The van der Waals surface area contributed by atoms with Gasteiger partial charge in [-0.15, -0.1) is 0 Å². The Kier molecular flexibility index (Phi) is 7.72. The lowest BCUT2D eigenvalue weighted by Crippen LogP contribution is -2.18. The minimum atomic E-state index is 0.282. The molecule has 0 atom stereocenters. The van der Waals surface area contributed by atoms with Crippen molar-refractivity contribution in [3.63, 3.8) is 0 Å². The number of rotatable bonds is 10. The first-order chi connectivity index (χ1) is 13.6. The van der Waals surface area contributed by atoms with Gasteiger partial charge in [-0.25, -0.2) is 0 Å². The third kappa shape index (κ3) is 5.96. The molecule has 0 bridgehead atoms. The van der Waals surface area contributed by atoms with E-state index in [-0.39, 0.29) is 6.10 Å². The van der Waals surface area contributed by atoms with Crippen LogP contribution in [0.25, 0.3) is 10.8 Å². The monoisotopic (exact) mass is 397 g/mol. The molecule has 0 aliphatic carbocycles. The van der Waals surface area contributed by atoms with Crippen LogP contribution in [-0.2, 0) is 17.9 Å². The summed E-state index contributed by atoms with van der Waals surface area (Å²) < 4.78 is 11.8. The molecule has 28 heavy (non-hydrogen) atoms. The second-order valence-corrected chi connectivity index (χ2v) is 7.57. The van der Waals surface area contributed by atoms with Gasteiger partial charge in [-0.3, -0.25) is 0 Å². The Morgan fingerprint density at radius 1 is 1.00 bits per heavy atom. The highest BCUT2D eigenvalue weighted by Crippen LogP contribution is 2.29. The zero-order valence-electron chi connectivity index (χ0n) is 16.6. The molecular formula is C24H28ClNO2. The maximum atomic E-state index is 6.17. The van der Waals surface area contributed by atoms with Crippen molar-refractivity contribution in [1.29, 1.82) is 0 Å². The van der Waals surface area contributed by atoms with E-state index in [1.165, 1.54) is 16.3 Å². The summed E-state index contributed by atoms with van der Waals surface area (Å²) in [6.45, 7) is 7.06. The Bertz CT molecular complexity index is 895. The number of benzene rings is 3. The van der Waals surface area contributed by atoms with Gasteiger partial charge in [0.15, 0.2) is 0 Å². The number of fused-ring (bicyclic) bond motifs is 1. The fourth-order valence-corrected chi connectivity index (χ4v) is 3.36. The number of hydrogen-bond acceptors (Lipinski definition) is 3. The molecular weight excluding hydrogens is 370 g/mol. The molecule has 0 unspecified atom stereocenters. The van der Waals surface area contributed by atoms with Crippen LogP contribution in [0.15, 0.2) is 60.7 Å². The van der Waals surface area contributed by atoms with Crippen molar-refractivity contribution < 1.29 is 9.47 Å². The van der Waals surface area contributed by atoms with Gasteiger partial charge in [-0.05, 0) is 61.3 Å². The summed E-state index contributed by atoms with van der Waals surface area (Å²) in [4.78, 5) is 0. The zero-order chi connectivity index (χ0) is 19.8. The molecule has 0 saturated carbocycles. The minimum absolute atomic E-state index is 0.282. The molecule has 0 amide bonds. The largest absolute Gasteiger partial charge is 0.489 e. The zero-order valence-corrected chi connectivity index (χ0v) is 17.3. The van der Waals surface area contributed by atoms with Crippen LogP contribution in [0.3, 0.4) is 0 Å². The Balaban J connectivity index is 1.69. The van der Waals surface area contributed by atoms with Crippen LogP contribution in [0.2, 0.25) is 5.02 Å². The normalized spacial score (nSPS) is 11.3. The minimum Gasteiger partial charge on any atom is -0.489 e. The van der Waals surface area contributed by atoms with E-state index in [4.69, 9.17) is 21.1 Å². The molecule has 0 aromatic heterocycles. The van der Waals surface area contributed by atoms with Crippen molar-refractivity contribution >= 4 is 22.4 Å². The van der Waals surface area contributed by atoms with Crippen molar-refractivity contribution in [3.05, 3.63) is 76.8 Å². The first kappa shape index (κ1) is 20.7. The second-order valence-electron chi connectivity index (χ2n) is 7.13. The molecule has 3 aromatic rings. The van der Waals surface area contributed by atoms with E-state index in [0.717, 1.165) is 42.5 Å². The van der Waals surface area contributed by atoms with E-state index in [1.54, 1.807) is 0 Å². The molecule has 4 heteroatoms. The van der Waals surface area contributed by atoms with E-state index >= 15 is 0 Å². The van der Waals surface area contributed by atoms with Crippen LogP contribution in [0, 0.1) is 0 Å². The van der Waals surface area contributed by atoms with E-state index in [9.17, 15) is 0 Å². The molecule has 1 N–H and O–H groups in total. The van der Waals surface area contributed by atoms with Gasteiger partial charge in [-0.1, -0.05) is 54.1 Å². The molecule has 0 aliphatic rings. The number of halogens is 1. The Labute approximate surface area is 172 Å². The number of nitrogens with one attached hydrogen (secondary N) is 1. The van der Waals surface area contributed by atoms with Gasteiger partial charge in [-0.2, -0.15) is 0 Å². The lowest BCUT2D eigenvalue weighted by molar-refractivity contribution is 0.0770. The Morgan fingerprint density at radius 3 is 2.68 bits per heavy atom. The lowest BCUT2D eigenvalue weighted by atomic mass is 10.0. The highest BCUT2D eigenvalue weighted by atomic mass is 35.5. The van der Waals surface area contributed by atoms with Crippen molar-refractivity contribution in [1.82, 2.24) is 5.32 Å². The number of ether oxygens (including phenoxy) is 2. The molecule has 3 nitrogen and oxygen atoms in total. The fourth-order valence-electron chi connectivity index (χ4n) is 3.15. The second kappa shape index (κ2) is 10.5. The molecule has 0 saturated heterocycles. The molecule has 0 aliphatic heterocycles. The van der Waals surface area contributed by atoms with Crippen LogP contribution in [-0.4, -0.2) is 19.3 Å². The van der Waals surface area contributed by atoms with Crippen LogP contribution < -0.4 is 10.1 Å². The summed E-state index contributed by atoms with van der Waals surface area (Å²) in [5.74, 6) is 0.907. The lowest BCUT2D eigenvalue weighted by Gasteiger charge is -2.15. The summed E-state index contributed by atoms with van der Waals surface area (Å²) >= 11 is 6.09. The van der Waals surface area contributed by atoms with Crippen molar-refractivity contribution in [3.8, 4) is 5.75 Å². The van der Waals surface area contributed by atoms with Gasteiger partial charge in [0.05, 0.1) is 6.10 Å². The summed E-state index contributed by atoms with van der Waals surface area (Å²) in [5.41, 5.74) is 2.25. The van der Waals surface area contributed by atoms with Gasteiger partial charge in [0.25, 0.3) is 0 Å². The number of hydrogen-bond donors (Lipinski definition) is 1. The molecule has 3 rings (SSSR count). The first-order valence-corrected chi connectivity index (χ1v) is 10.2.